The van der Waals surface area contributed by atoms with Gasteiger partial charge in [-0.25, -0.2) is 4.98 Å². The number of aromatic nitrogens is 2. The Morgan fingerprint density at radius 3 is 2.90 bits per heavy atom. The Balaban J connectivity index is 1.97. The number of nitrogen functional groups attached to an aromatic ring is 1. The zero-order chi connectivity index (χ0) is 14.1. The highest BCUT2D eigenvalue weighted by molar-refractivity contribution is 6.05. The lowest BCUT2D eigenvalue weighted by atomic mass is 10.0. The fourth-order valence-electron chi connectivity index (χ4n) is 2.44. The minimum absolute atomic E-state index is 0.121. The van der Waals surface area contributed by atoms with Gasteiger partial charge >= 0.3 is 0 Å². The van der Waals surface area contributed by atoms with E-state index < -0.39 is 0 Å². The van der Waals surface area contributed by atoms with Crippen molar-refractivity contribution in [2.75, 3.05) is 17.2 Å². The van der Waals surface area contributed by atoms with Crippen molar-refractivity contribution in [1.82, 2.24) is 9.97 Å². The van der Waals surface area contributed by atoms with Crippen LogP contribution in [0.1, 0.15) is 28.2 Å². The van der Waals surface area contributed by atoms with Gasteiger partial charge in [-0.2, -0.15) is 0 Å². The molecule has 5 nitrogen and oxygen atoms in total. The molecule has 0 saturated carbocycles. The van der Waals surface area contributed by atoms with Gasteiger partial charge in [0.15, 0.2) is 0 Å². The molecule has 1 aliphatic rings. The summed E-state index contributed by atoms with van der Waals surface area (Å²) in [6.45, 7) is 2.53. The number of hydrogen-bond donors (Lipinski definition) is 1. The Kier molecular flexibility index (Phi) is 3.10. The molecule has 5 heteroatoms. The molecule has 0 radical (unpaired) electrons. The van der Waals surface area contributed by atoms with E-state index in [9.17, 15) is 4.79 Å². The van der Waals surface area contributed by atoms with Crippen LogP contribution in [0.2, 0.25) is 0 Å². The summed E-state index contributed by atoms with van der Waals surface area (Å²) < 4.78 is 0. The minimum Gasteiger partial charge on any atom is -0.399 e. The Bertz CT molecular complexity index is 651. The number of carbonyl (C=O) groups is 1. The van der Waals surface area contributed by atoms with Gasteiger partial charge in [-0.1, -0.05) is 6.07 Å². The quantitative estimate of drug-likeness (QED) is 0.802. The van der Waals surface area contributed by atoms with Crippen LogP contribution in [0.4, 0.5) is 11.4 Å². The van der Waals surface area contributed by atoms with E-state index in [4.69, 9.17) is 5.73 Å². The van der Waals surface area contributed by atoms with Crippen molar-refractivity contribution in [2.45, 2.75) is 19.8 Å². The number of carbonyl (C=O) groups excluding carboxylic acids is 1. The third kappa shape index (κ3) is 2.22. The molecular weight excluding hydrogens is 252 g/mol. The van der Waals surface area contributed by atoms with Crippen LogP contribution in [0, 0.1) is 6.92 Å². The number of aryl methyl sites for hydroxylation is 2. The highest BCUT2D eigenvalue weighted by atomic mass is 16.2. The van der Waals surface area contributed by atoms with Gasteiger partial charge in [0.05, 0.1) is 11.9 Å². The van der Waals surface area contributed by atoms with Crippen LogP contribution in [0.25, 0.3) is 0 Å². The monoisotopic (exact) mass is 268 g/mol. The van der Waals surface area contributed by atoms with E-state index in [2.05, 4.69) is 9.97 Å². The fraction of sp³-hybridized carbons (Fsp3) is 0.267. The summed E-state index contributed by atoms with van der Waals surface area (Å²) in [5, 5.41) is 0. The standard InChI is InChI=1S/C15H16N4O/c1-10-8-18-13(9-17-10)15(20)19-6-2-3-11-4-5-12(16)7-14(11)19/h4-5,7-9H,2-3,6,16H2,1H3. The van der Waals surface area contributed by atoms with Gasteiger partial charge in [-0.05, 0) is 37.5 Å². The molecule has 0 bridgehead atoms. The highest BCUT2D eigenvalue weighted by Crippen LogP contribution is 2.29. The van der Waals surface area contributed by atoms with E-state index in [0.29, 0.717) is 17.9 Å². The lowest BCUT2D eigenvalue weighted by Crippen LogP contribution is -2.36. The first-order valence-corrected chi connectivity index (χ1v) is 6.64. The van der Waals surface area contributed by atoms with Gasteiger partial charge < -0.3 is 10.6 Å². The van der Waals surface area contributed by atoms with E-state index in [1.165, 1.54) is 6.20 Å². The summed E-state index contributed by atoms with van der Waals surface area (Å²) in [6.07, 6.45) is 5.05. The van der Waals surface area contributed by atoms with Crippen molar-refractivity contribution in [3.63, 3.8) is 0 Å². The molecule has 102 valence electrons. The lowest BCUT2D eigenvalue weighted by molar-refractivity contribution is 0.0980. The Labute approximate surface area is 117 Å². The number of benzene rings is 1. The second-order valence-electron chi connectivity index (χ2n) is 4.99. The summed E-state index contributed by atoms with van der Waals surface area (Å²) in [5.74, 6) is -0.121. The van der Waals surface area contributed by atoms with Crippen molar-refractivity contribution < 1.29 is 4.79 Å². The molecule has 1 aliphatic heterocycles. The maximum atomic E-state index is 12.6. The molecule has 1 aromatic heterocycles. The first-order chi connectivity index (χ1) is 9.65. The molecular formula is C15H16N4O. The Morgan fingerprint density at radius 2 is 2.15 bits per heavy atom. The van der Waals surface area contributed by atoms with Crippen LogP contribution in [-0.4, -0.2) is 22.4 Å². The third-order valence-electron chi connectivity index (χ3n) is 3.47. The predicted octanol–water partition coefficient (Wildman–Crippen LogP) is 1.96. The Hall–Kier alpha value is -2.43. The average Bonchev–Trinajstić information content (AvgIpc) is 2.46. The molecule has 0 atom stereocenters. The number of rotatable bonds is 1. The van der Waals surface area contributed by atoms with Gasteiger partial charge in [-0.15, -0.1) is 0 Å². The van der Waals surface area contributed by atoms with Crippen molar-refractivity contribution in [3.05, 3.63) is 47.5 Å². The van der Waals surface area contributed by atoms with E-state index in [1.807, 2.05) is 25.1 Å². The second-order valence-corrected chi connectivity index (χ2v) is 4.99. The van der Waals surface area contributed by atoms with Gasteiger partial charge in [0, 0.05) is 24.1 Å². The topological polar surface area (TPSA) is 72.1 Å². The number of nitrogens with zero attached hydrogens (tertiary/aromatic N) is 3. The summed E-state index contributed by atoms with van der Waals surface area (Å²) in [6, 6.07) is 5.72. The molecule has 0 aliphatic carbocycles. The van der Waals surface area contributed by atoms with Crippen LogP contribution in [0.5, 0.6) is 0 Å². The van der Waals surface area contributed by atoms with Crippen molar-refractivity contribution in [1.29, 1.82) is 0 Å². The van der Waals surface area contributed by atoms with Gasteiger partial charge in [0.25, 0.3) is 5.91 Å². The van der Waals surface area contributed by atoms with Crippen molar-refractivity contribution in [2.24, 2.45) is 0 Å². The largest absolute Gasteiger partial charge is 0.399 e. The lowest BCUT2D eigenvalue weighted by Gasteiger charge is -2.29. The van der Waals surface area contributed by atoms with E-state index in [1.54, 1.807) is 11.1 Å². The van der Waals surface area contributed by atoms with E-state index >= 15 is 0 Å². The molecule has 1 aromatic carbocycles. The second kappa shape index (κ2) is 4.92. The van der Waals surface area contributed by atoms with Crippen LogP contribution < -0.4 is 10.6 Å². The van der Waals surface area contributed by atoms with Crippen LogP contribution in [-0.2, 0) is 6.42 Å². The van der Waals surface area contributed by atoms with Crippen LogP contribution in [0.3, 0.4) is 0 Å². The number of nitrogens with two attached hydrogens (primary N) is 1. The minimum atomic E-state index is -0.121. The Morgan fingerprint density at radius 1 is 1.30 bits per heavy atom. The molecule has 0 saturated heterocycles. The van der Waals surface area contributed by atoms with Crippen LogP contribution in [0.15, 0.2) is 30.6 Å². The number of fused-ring (bicyclic) bond motifs is 1. The average molecular weight is 268 g/mol. The first-order valence-electron chi connectivity index (χ1n) is 6.64. The van der Waals surface area contributed by atoms with Gasteiger partial charge in [-0.3, -0.25) is 9.78 Å². The maximum absolute atomic E-state index is 12.6. The van der Waals surface area contributed by atoms with Crippen molar-refractivity contribution >= 4 is 17.3 Å². The summed E-state index contributed by atoms with van der Waals surface area (Å²) in [4.78, 5) is 22.6. The fourth-order valence-corrected chi connectivity index (χ4v) is 2.44. The van der Waals surface area contributed by atoms with Gasteiger partial charge in [0.1, 0.15) is 5.69 Å². The molecule has 0 unspecified atom stereocenters. The predicted molar refractivity (Wildman–Crippen MR) is 77.6 cm³/mol. The molecule has 0 fully saturated rings. The number of amides is 1. The maximum Gasteiger partial charge on any atom is 0.278 e. The summed E-state index contributed by atoms with van der Waals surface area (Å²) in [7, 11) is 0. The first kappa shape index (κ1) is 12.6. The summed E-state index contributed by atoms with van der Waals surface area (Å²) in [5.41, 5.74) is 9.71. The smallest absolute Gasteiger partial charge is 0.278 e. The normalized spacial score (nSPS) is 13.9. The molecule has 2 aromatic rings. The highest BCUT2D eigenvalue weighted by Gasteiger charge is 2.24. The molecule has 20 heavy (non-hydrogen) atoms. The SMILES string of the molecule is Cc1cnc(C(=O)N2CCCc3ccc(N)cc32)cn1. The van der Waals surface area contributed by atoms with Crippen molar-refractivity contribution in [3.8, 4) is 0 Å². The molecule has 2 N–H and O–H groups in total. The molecule has 0 spiro atoms. The van der Waals surface area contributed by atoms with E-state index in [-0.39, 0.29) is 5.91 Å². The summed E-state index contributed by atoms with van der Waals surface area (Å²) >= 11 is 0. The third-order valence-corrected chi connectivity index (χ3v) is 3.47. The molecule has 2 heterocycles. The zero-order valence-corrected chi connectivity index (χ0v) is 11.3. The molecule has 3 rings (SSSR count). The zero-order valence-electron chi connectivity index (χ0n) is 11.3. The van der Waals surface area contributed by atoms with Gasteiger partial charge in [0.2, 0.25) is 0 Å². The molecule has 1 amide bonds. The number of anilines is 2. The van der Waals surface area contributed by atoms with E-state index in [0.717, 1.165) is 29.8 Å². The number of hydrogen-bond acceptors (Lipinski definition) is 4. The van der Waals surface area contributed by atoms with Crippen LogP contribution >= 0.6 is 0 Å².